The zero-order valence-electron chi connectivity index (χ0n) is 33.3. The third-order valence-corrected chi connectivity index (χ3v) is 12.6. The second-order valence-corrected chi connectivity index (χ2v) is 16.4. The van der Waals surface area contributed by atoms with Crippen molar-refractivity contribution in [2.75, 3.05) is 4.90 Å². The molecule has 9 aromatic carbocycles. The first kappa shape index (κ1) is 34.4. The van der Waals surface area contributed by atoms with Gasteiger partial charge in [0.05, 0.1) is 11.0 Å². The average molecular weight is 770 g/mol. The molecule has 0 radical (unpaired) electrons. The Hall–Kier alpha value is -7.69. The summed E-state index contributed by atoms with van der Waals surface area (Å²) in [7, 11) is 0. The van der Waals surface area contributed by atoms with E-state index in [1.807, 2.05) is 36.4 Å². The number of hydrogen-bond acceptors (Lipinski definition) is 3. The van der Waals surface area contributed by atoms with Gasteiger partial charge in [0.1, 0.15) is 5.52 Å². The molecular weight excluding hydrogens is 731 g/mol. The molecule has 1 aliphatic rings. The Kier molecular flexibility index (Phi) is 7.54. The Morgan fingerprint density at radius 3 is 2.05 bits per heavy atom. The van der Waals surface area contributed by atoms with Crippen LogP contribution >= 0.6 is 0 Å². The normalized spacial score (nSPS) is 13.0. The number of nitrogens with zero attached hydrogens (tertiary/aromatic N) is 3. The van der Waals surface area contributed by atoms with Crippen molar-refractivity contribution >= 4 is 60.7 Å². The van der Waals surface area contributed by atoms with Crippen LogP contribution in [0.25, 0.3) is 83.1 Å². The molecule has 0 amide bonds. The van der Waals surface area contributed by atoms with E-state index < -0.39 is 0 Å². The van der Waals surface area contributed by atoms with Crippen LogP contribution in [0.4, 0.5) is 17.1 Å². The first-order valence-electron chi connectivity index (χ1n) is 20.6. The van der Waals surface area contributed by atoms with E-state index in [4.69, 9.17) is 9.40 Å². The van der Waals surface area contributed by atoms with Gasteiger partial charge >= 0.3 is 0 Å². The van der Waals surface area contributed by atoms with Crippen molar-refractivity contribution in [2.24, 2.45) is 0 Å². The monoisotopic (exact) mass is 769 g/mol. The molecule has 12 rings (SSSR count). The second kappa shape index (κ2) is 13.2. The maximum atomic E-state index is 6.20. The summed E-state index contributed by atoms with van der Waals surface area (Å²) in [6.07, 6.45) is 0. The van der Waals surface area contributed by atoms with E-state index >= 15 is 0 Å². The molecule has 1 aliphatic carbocycles. The van der Waals surface area contributed by atoms with Gasteiger partial charge in [0, 0.05) is 49.9 Å². The van der Waals surface area contributed by atoms with Gasteiger partial charge in [-0.2, -0.15) is 0 Å². The van der Waals surface area contributed by atoms with E-state index in [1.54, 1.807) is 0 Å². The van der Waals surface area contributed by atoms with Gasteiger partial charge in [-0.05, 0) is 112 Å². The van der Waals surface area contributed by atoms with Crippen molar-refractivity contribution in [1.82, 2.24) is 9.55 Å². The lowest BCUT2D eigenvalue weighted by molar-refractivity contribution is 0.620. The quantitative estimate of drug-likeness (QED) is 0.169. The smallest absolute Gasteiger partial charge is 0.227 e. The van der Waals surface area contributed by atoms with Gasteiger partial charge < -0.3 is 13.9 Å². The van der Waals surface area contributed by atoms with Gasteiger partial charge in [-0.25, -0.2) is 4.98 Å². The predicted octanol–water partition coefficient (Wildman–Crippen LogP) is 15.2. The third-order valence-electron chi connectivity index (χ3n) is 12.6. The molecule has 284 valence electrons. The highest BCUT2D eigenvalue weighted by molar-refractivity contribution is 6.19. The Morgan fingerprint density at radius 1 is 0.483 bits per heavy atom. The molecule has 11 aromatic rings. The van der Waals surface area contributed by atoms with Crippen LogP contribution in [0.1, 0.15) is 25.0 Å². The maximum absolute atomic E-state index is 6.20. The van der Waals surface area contributed by atoms with Crippen LogP contribution in [0.2, 0.25) is 0 Å². The number of rotatable bonds is 6. The molecule has 0 saturated carbocycles. The molecule has 2 aromatic heterocycles. The van der Waals surface area contributed by atoms with Crippen molar-refractivity contribution in [1.29, 1.82) is 0 Å². The number of oxazole rings is 1. The van der Waals surface area contributed by atoms with Crippen molar-refractivity contribution in [3.63, 3.8) is 0 Å². The van der Waals surface area contributed by atoms with Crippen LogP contribution in [0.15, 0.2) is 205 Å². The van der Waals surface area contributed by atoms with Gasteiger partial charge in [0.25, 0.3) is 0 Å². The van der Waals surface area contributed by atoms with Gasteiger partial charge in [0.2, 0.25) is 5.89 Å². The van der Waals surface area contributed by atoms with Gasteiger partial charge in [-0.15, -0.1) is 0 Å². The van der Waals surface area contributed by atoms with E-state index in [-0.39, 0.29) is 5.41 Å². The summed E-state index contributed by atoms with van der Waals surface area (Å²) >= 11 is 0. The molecule has 4 heteroatoms. The summed E-state index contributed by atoms with van der Waals surface area (Å²) in [5, 5.41) is 4.92. The molecule has 4 nitrogen and oxygen atoms in total. The number of aromatic nitrogens is 2. The minimum Gasteiger partial charge on any atom is -0.436 e. The molecule has 0 spiro atoms. The molecular formula is C56H39N3O. The van der Waals surface area contributed by atoms with Crippen LogP contribution in [0.3, 0.4) is 0 Å². The summed E-state index contributed by atoms with van der Waals surface area (Å²) in [6, 6.07) is 72.2. The van der Waals surface area contributed by atoms with Crippen LogP contribution in [0, 0.1) is 0 Å². The molecule has 60 heavy (non-hydrogen) atoms. The van der Waals surface area contributed by atoms with Crippen LogP contribution in [-0.4, -0.2) is 9.55 Å². The highest BCUT2D eigenvalue weighted by Crippen LogP contribution is 2.51. The Labute approximate surface area is 348 Å². The number of anilines is 3. The fourth-order valence-corrected chi connectivity index (χ4v) is 9.67. The van der Waals surface area contributed by atoms with Crippen LogP contribution < -0.4 is 4.90 Å². The van der Waals surface area contributed by atoms with Gasteiger partial charge in [-0.3, -0.25) is 0 Å². The maximum Gasteiger partial charge on any atom is 0.227 e. The molecule has 0 atom stereocenters. The SMILES string of the molecule is CC1(C)c2ccccc2-c2ccc(N(c3cccc(-c4ccc5oc(-c6ccccc6)nc5c4)c3)c3ccc4c5ccc6ccccc6c5n(-c5ccccc5)c4c3)cc21. The summed E-state index contributed by atoms with van der Waals surface area (Å²) in [5.41, 5.74) is 16.7. The van der Waals surface area contributed by atoms with Crippen LogP contribution in [-0.2, 0) is 5.41 Å². The minimum atomic E-state index is -0.147. The lowest BCUT2D eigenvalue weighted by Gasteiger charge is -2.28. The highest BCUT2D eigenvalue weighted by Gasteiger charge is 2.36. The number of benzene rings is 9. The predicted molar refractivity (Wildman–Crippen MR) is 249 cm³/mol. The number of para-hydroxylation sites is 1. The standard InChI is InChI=1S/C56H39N3O/c1-56(2)49-23-12-11-22-45(49)46-29-26-42(34-50(46)56)58(41-20-13-17-38(32-41)39-25-31-53-51(33-39)57-55(60-53)37-15-5-3-6-16-37)43-27-30-47-48-28-24-36-14-9-10-21-44(36)54(48)59(52(47)35-43)40-18-7-4-8-19-40/h3-35H,1-2H3. The van der Waals surface area contributed by atoms with E-state index in [0.29, 0.717) is 5.89 Å². The van der Waals surface area contributed by atoms with Gasteiger partial charge in [0.15, 0.2) is 5.58 Å². The Morgan fingerprint density at radius 2 is 1.17 bits per heavy atom. The first-order valence-corrected chi connectivity index (χ1v) is 20.6. The molecule has 0 unspecified atom stereocenters. The first-order chi connectivity index (χ1) is 29.5. The fourth-order valence-electron chi connectivity index (χ4n) is 9.67. The minimum absolute atomic E-state index is 0.147. The van der Waals surface area contributed by atoms with Gasteiger partial charge in [-0.1, -0.05) is 141 Å². The molecule has 0 fully saturated rings. The fraction of sp³-hybridized carbons (Fsp3) is 0.0536. The van der Waals surface area contributed by atoms with E-state index in [0.717, 1.165) is 56.1 Å². The highest BCUT2D eigenvalue weighted by atomic mass is 16.3. The van der Waals surface area contributed by atoms with Crippen LogP contribution in [0.5, 0.6) is 0 Å². The van der Waals surface area contributed by atoms with Crippen molar-refractivity contribution in [3.05, 3.63) is 211 Å². The number of fused-ring (bicyclic) bond motifs is 9. The zero-order chi connectivity index (χ0) is 40.0. The Balaban J connectivity index is 1.07. The molecule has 0 saturated heterocycles. The van der Waals surface area contributed by atoms with Crippen molar-refractivity contribution < 1.29 is 4.42 Å². The average Bonchev–Trinajstić information content (AvgIpc) is 3.95. The summed E-state index contributed by atoms with van der Waals surface area (Å²) in [6.45, 7) is 4.70. The lowest BCUT2D eigenvalue weighted by atomic mass is 9.82. The Bertz CT molecular complexity index is 3470. The molecule has 0 N–H and O–H groups in total. The summed E-state index contributed by atoms with van der Waals surface area (Å²) in [5.74, 6) is 0.626. The molecule has 2 heterocycles. The topological polar surface area (TPSA) is 34.2 Å². The summed E-state index contributed by atoms with van der Waals surface area (Å²) < 4.78 is 8.65. The largest absolute Gasteiger partial charge is 0.436 e. The van der Waals surface area contributed by atoms with Crippen molar-refractivity contribution in [2.45, 2.75) is 19.3 Å². The lowest BCUT2D eigenvalue weighted by Crippen LogP contribution is -2.16. The zero-order valence-corrected chi connectivity index (χ0v) is 33.3. The third kappa shape index (κ3) is 5.27. The summed E-state index contributed by atoms with van der Waals surface area (Å²) in [4.78, 5) is 7.33. The van der Waals surface area contributed by atoms with Crippen molar-refractivity contribution in [3.8, 4) is 39.4 Å². The van der Waals surface area contributed by atoms with E-state index in [2.05, 4.69) is 187 Å². The van der Waals surface area contributed by atoms with E-state index in [9.17, 15) is 0 Å². The molecule has 0 aliphatic heterocycles. The van der Waals surface area contributed by atoms with E-state index in [1.165, 1.54) is 49.3 Å². The molecule has 0 bridgehead atoms. The second-order valence-electron chi connectivity index (χ2n) is 16.4. The number of hydrogen-bond donors (Lipinski definition) is 0.